The number of carbonyl (C=O) groups is 2. The fourth-order valence-corrected chi connectivity index (χ4v) is 2.84. The third-order valence-electron chi connectivity index (χ3n) is 4.20. The molecule has 3 rings (SSSR count). The van der Waals surface area contributed by atoms with Crippen molar-refractivity contribution in [2.75, 3.05) is 7.05 Å². The lowest BCUT2D eigenvalue weighted by molar-refractivity contribution is -0.121. The zero-order valence-corrected chi connectivity index (χ0v) is 12.1. The molecule has 0 spiro atoms. The van der Waals surface area contributed by atoms with Crippen molar-refractivity contribution in [3.63, 3.8) is 0 Å². The van der Waals surface area contributed by atoms with Crippen LogP contribution in [0.25, 0.3) is 10.9 Å². The summed E-state index contributed by atoms with van der Waals surface area (Å²) in [5.74, 6) is 0.232. The number of para-hydroxylation sites is 1. The van der Waals surface area contributed by atoms with Gasteiger partial charge in [0.2, 0.25) is 0 Å². The molecule has 1 amide bonds. The van der Waals surface area contributed by atoms with Gasteiger partial charge >= 0.3 is 0 Å². The molecular weight excluding hydrogens is 264 g/mol. The smallest absolute Gasteiger partial charge is 0.272 e. The van der Waals surface area contributed by atoms with Crippen LogP contribution in [0.2, 0.25) is 0 Å². The SMILES string of the molecule is CN(C(=O)c1ccc2ccccc2n1)C1CCC(=O)CC1. The van der Waals surface area contributed by atoms with E-state index in [1.807, 2.05) is 30.3 Å². The van der Waals surface area contributed by atoms with Crippen molar-refractivity contribution in [1.82, 2.24) is 9.88 Å². The van der Waals surface area contributed by atoms with Crippen molar-refractivity contribution >= 4 is 22.6 Å². The van der Waals surface area contributed by atoms with E-state index in [9.17, 15) is 9.59 Å². The summed E-state index contributed by atoms with van der Waals surface area (Å²) in [7, 11) is 1.81. The zero-order valence-electron chi connectivity index (χ0n) is 12.1. The van der Waals surface area contributed by atoms with E-state index in [0.29, 0.717) is 24.3 Å². The van der Waals surface area contributed by atoms with Crippen LogP contribution in [0.1, 0.15) is 36.2 Å². The van der Waals surface area contributed by atoms with Gasteiger partial charge in [0.05, 0.1) is 5.52 Å². The Morgan fingerprint density at radius 1 is 1.14 bits per heavy atom. The topological polar surface area (TPSA) is 50.3 Å². The molecule has 4 nitrogen and oxygen atoms in total. The summed E-state index contributed by atoms with van der Waals surface area (Å²) in [5.41, 5.74) is 1.30. The number of Topliss-reactive ketones (excluding diaryl/α,β-unsaturated/α-hetero) is 1. The van der Waals surface area contributed by atoms with Gasteiger partial charge in [-0.2, -0.15) is 0 Å². The van der Waals surface area contributed by atoms with Gasteiger partial charge in [-0.15, -0.1) is 0 Å². The Kier molecular flexibility index (Phi) is 3.69. The van der Waals surface area contributed by atoms with Crippen molar-refractivity contribution in [1.29, 1.82) is 0 Å². The highest BCUT2D eigenvalue weighted by Crippen LogP contribution is 2.21. The third kappa shape index (κ3) is 2.79. The molecule has 0 saturated heterocycles. The van der Waals surface area contributed by atoms with E-state index < -0.39 is 0 Å². The van der Waals surface area contributed by atoms with Gasteiger partial charge < -0.3 is 4.90 Å². The average Bonchev–Trinajstić information content (AvgIpc) is 2.54. The maximum Gasteiger partial charge on any atom is 0.272 e. The van der Waals surface area contributed by atoms with Gasteiger partial charge in [-0.05, 0) is 25.0 Å². The van der Waals surface area contributed by atoms with Crippen LogP contribution >= 0.6 is 0 Å². The van der Waals surface area contributed by atoms with Gasteiger partial charge in [-0.25, -0.2) is 4.98 Å². The first-order valence-corrected chi connectivity index (χ1v) is 7.30. The van der Waals surface area contributed by atoms with E-state index in [4.69, 9.17) is 0 Å². The molecule has 108 valence electrons. The van der Waals surface area contributed by atoms with Crippen molar-refractivity contribution in [2.24, 2.45) is 0 Å². The molecule has 1 aliphatic carbocycles. The number of ketones is 1. The Bertz CT molecular complexity index is 686. The van der Waals surface area contributed by atoms with Crippen LogP contribution in [0.5, 0.6) is 0 Å². The van der Waals surface area contributed by atoms with Crippen molar-refractivity contribution in [3.05, 3.63) is 42.1 Å². The maximum absolute atomic E-state index is 12.5. The van der Waals surface area contributed by atoms with Gasteiger partial charge in [0.15, 0.2) is 0 Å². The van der Waals surface area contributed by atoms with Gasteiger partial charge in [0.1, 0.15) is 11.5 Å². The van der Waals surface area contributed by atoms with E-state index in [1.54, 1.807) is 18.0 Å². The number of pyridine rings is 1. The highest BCUT2D eigenvalue weighted by molar-refractivity contribution is 5.95. The van der Waals surface area contributed by atoms with Gasteiger partial charge in [-0.3, -0.25) is 9.59 Å². The predicted molar refractivity (Wildman–Crippen MR) is 81.1 cm³/mol. The molecular formula is C17H18N2O2. The fraction of sp³-hybridized carbons (Fsp3) is 0.353. The number of hydrogen-bond acceptors (Lipinski definition) is 3. The molecule has 4 heteroatoms. The minimum Gasteiger partial charge on any atom is -0.337 e. The van der Waals surface area contributed by atoms with Crippen LogP contribution in [0.4, 0.5) is 0 Å². The second-order valence-corrected chi connectivity index (χ2v) is 5.58. The molecule has 21 heavy (non-hydrogen) atoms. The van der Waals surface area contributed by atoms with Crippen LogP contribution in [0.15, 0.2) is 36.4 Å². The van der Waals surface area contributed by atoms with Crippen LogP contribution in [-0.2, 0) is 4.79 Å². The van der Waals surface area contributed by atoms with E-state index in [2.05, 4.69) is 4.98 Å². The fourth-order valence-electron chi connectivity index (χ4n) is 2.84. The molecule has 0 aliphatic heterocycles. The van der Waals surface area contributed by atoms with Crippen molar-refractivity contribution in [2.45, 2.75) is 31.7 Å². The van der Waals surface area contributed by atoms with Gasteiger partial charge in [0, 0.05) is 31.3 Å². The first-order valence-electron chi connectivity index (χ1n) is 7.30. The highest BCUT2D eigenvalue weighted by atomic mass is 16.2. The molecule has 0 atom stereocenters. The third-order valence-corrected chi connectivity index (χ3v) is 4.20. The molecule has 0 unspecified atom stereocenters. The summed E-state index contributed by atoms with van der Waals surface area (Å²) in [4.78, 5) is 30.0. The second-order valence-electron chi connectivity index (χ2n) is 5.58. The second kappa shape index (κ2) is 5.64. The molecule has 2 aromatic rings. The van der Waals surface area contributed by atoms with Gasteiger partial charge in [-0.1, -0.05) is 24.3 Å². The lowest BCUT2D eigenvalue weighted by Gasteiger charge is -2.30. The molecule has 0 radical (unpaired) electrons. The van der Waals surface area contributed by atoms with Gasteiger partial charge in [0.25, 0.3) is 5.91 Å². The van der Waals surface area contributed by atoms with Crippen LogP contribution in [0, 0.1) is 0 Å². The molecule has 0 N–H and O–H groups in total. The molecule has 1 aromatic carbocycles. The Morgan fingerprint density at radius 3 is 2.62 bits per heavy atom. The number of benzene rings is 1. The number of carbonyl (C=O) groups excluding carboxylic acids is 2. The Morgan fingerprint density at radius 2 is 1.86 bits per heavy atom. The standard InChI is InChI=1S/C17H18N2O2/c1-19(13-7-9-14(20)10-8-13)17(21)16-11-6-12-4-2-3-5-15(12)18-16/h2-6,11,13H,7-10H2,1H3. The molecule has 1 heterocycles. The quantitative estimate of drug-likeness (QED) is 0.851. The Balaban J connectivity index is 1.80. The lowest BCUT2D eigenvalue weighted by atomic mass is 9.93. The summed E-state index contributed by atoms with van der Waals surface area (Å²) in [6.07, 6.45) is 2.67. The first-order chi connectivity index (χ1) is 10.1. The van der Waals surface area contributed by atoms with E-state index >= 15 is 0 Å². The normalized spacial score (nSPS) is 16.1. The van der Waals surface area contributed by atoms with E-state index in [0.717, 1.165) is 23.7 Å². The Labute approximate surface area is 123 Å². The van der Waals surface area contributed by atoms with Crippen molar-refractivity contribution in [3.8, 4) is 0 Å². The summed E-state index contributed by atoms with van der Waals surface area (Å²) >= 11 is 0. The molecule has 1 aromatic heterocycles. The molecule has 1 saturated carbocycles. The number of rotatable bonds is 2. The zero-order chi connectivity index (χ0) is 14.8. The monoisotopic (exact) mass is 282 g/mol. The number of hydrogen-bond donors (Lipinski definition) is 0. The summed E-state index contributed by atoms with van der Waals surface area (Å²) in [5, 5.41) is 1.03. The average molecular weight is 282 g/mol. The first kappa shape index (κ1) is 13.7. The number of aromatic nitrogens is 1. The largest absolute Gasteiger partial charge is 0.337 e. The Hall–Kier alpha value is -2.23. The maximum atomic E-state index is 12.5. The predicted octanol–water partition coefficient (Wildman–Crippen LogP) is 2.82. The number of nitrogens with zero attached hydrogens (tertiary/aromatic N) is 2. The lowest BCUT2D eigenvalue weighted by Crippen LogP contribution is -2.39. The summed E-state index contributed by atoms with van der Waals surface area (Å²) in [6.45, 7) is 0. The minimum atomic E-state index is -0.0693. The van der Waals surface area contributed by atoms with E-state index in [-0.39, 0.29) is 11.9 Å². The van der Waals surface area contributed by atoms with Crippen LogP contribution in [0.3, 0.4) is 0 Å². The minimum absolute atomic E-state index is 0.0693. The van der Waals surface area contributed by atoms with Crippen LogP contribution in [-0.4, -0.2) is 34.7 Å². The highest BCUT2D eigenvalue weighted by Gasteiger charge is 2.26. The van der Waals surface area contributed by atoms with Crippen molar-refractivity contribution < 1.29 is 9.59 Å². The number of amides is 1. The van der Waals surface area contributed by atoms with E-state index in [1.165, 1.54) is 0 Å². The summed E-state index contributed by atoms with van der Waals surface area (Å²) in [6, 6.07) is 11.6. The number of fused-ring (bicyclic) bond motifs is 1. The summed E-state index contributed by atoms with van der Waals surface area (Å²) < 4.78 is 0. The van der Waals surface area contributed by atoms with Crippen LogP contribution < -0.4 is 0 Å². The molecule has 1 aliphatic rings. The molecule has 1 fully saturated rings. The molecule has 0 bridgehead atoms.